The fourth-order valence-corrected chi connectivity index (χ4v) is 6.68. The molecule has 2 aliphatic rings. The second-order valence-corrected chi connectivity index (χ2v) is 12.3. The molecular formula is C35H37Cl2N5O4. The number of ether oxygens (including phenoxy) is 3. The summed E-state index contributed by atoms with van der Waals surface area (Å²) in [5, 5.41) is 7.57. The number of hydrogen-bond donors (Lipinski definition) is 2. The van der Waals surface area contributed by atoms with Gasteiger partial charge in [-0.25, -0.2) is 9.97 Å². The van der Waals surface area contributed by atoms with Crippen molar-refractivity contribution in [2.45, 2.75) is 57.2 Å². The van der Waals surface area contributed by atoms with E-state index < -0.39 is 0 Å². The molecule has 2 N–H and O–H groups in total. The van der Waals surface area contributed by atoms with Crippen LogP contribution in [0.25, 0.3) is 33.6 Å². The lowest BCUT2D eigenvalue weighted by Crippen LogP contribution is -2.28. The number of carbonyl (C=O) groups is 1. The summed E-state index contributed by atoms with van der Waals surface area (Å²) in [6.45, 7) is 2.13. The maximum Gasteiger partial charge on any atom is 0.235 e. The number of pyridine rings is 1. The van der Waals surface area contributed by atoms with Crippen LogP contribution in [0.5, 0.6) is 11.8 Å². The lowest BCUT2D eigenvalue weighted by molar-refractivity contribution is -0.119. The van der Waals surface area contributed by atoms with E-state index in [-0.39, 0.29) is 11.9 Å². The first kappa shape index (κ1) is 32.2. The van der Waals surface area contributed by atoms with Gasteiger partial charge in [-0.1, -0.05) is 65.7 Å². The third-order valence-electron chi connectivity index (χ3n) is 8.54. The first-order valence-electron chi connectivity index (χ1n) is 15.6. The predicted molar refractivity (Wildman–Crippen MR) is 179 cm³/mol. The van der Waals surface area contributed by atoms with Crippen molar-refractivity contribution < 1.29 is 19.0 Å². The Balaban J connectivity index is 1.23. The zero-order valence-electron chi connectivity index (χ0n) is 25.9. The summed E-state index contributed by atoms with van der Waals surface area (Å²) < 4.78 is 16.7. The van der Waals surface area contributed by atoms with Crippen molar-refractivity contribution in [1.29, 1.82) is 0 Å². The molecule has 46 heavy (non-hydrogen) atoms. The van der Waals surface area contributed by atoms with Crippen molar-refractivity contribution in [3.05, 3.63) is 76.0 Å². The number of halogens is 2. The Hall–Kier alpha value is -3.76. The molecule has 2 fully saturated rings. The van der Waals surface area contributed by atoms with Crippen LogP contribution < -0.4 is 20.1 Å². The summed E-state index contributed by atoms with van der Waals surface area (Å²) in [5.74, 6) is 1.14. The van der Waals surface area contributed by atoms with Crippen molar-refractivity contribution >= 4 is 29.1 Å². The molecule has 0 aliphatic carbocycles. The Labute approximate surface area is 279 Å². The van der Waals surface area contributed by atoms with Gasteiger partial charge in [-0.05, 0) is 38.2 Å². The molecular weight excluding hydrogens is 625 g/mol. The van der Waals surface area contributed by atoms with E-state index >= 15 is 0 Å². The quantitative estimate of drug-likeness (QED) is 0.173. The van der Waals surface area contributed by atoms with Gasteiger partial charge in [-0.3, -0.25) is 9.78 Å². The Morgan fingerprint density at radius 2 is 1.61 bits per heavy atom. The van der Waals surface area contributed by atoms with Crippen LogP contribution in [0.3, 0.4) is 0 Å². The molecule has 2 aromatic heterocycles. The molecule has 0 unspecified atom stereocenters. The van der Waals surface area contributed by atoms with Gasteiger partial charge < -0.3 is 24.8 Å². The predicted octanol–water partition coefficient (Wildman–Crippen LogP) is 6.68. The van der Waals surface area contributed by atoms with E-state index in [0.717, 1.165) is 65.8 Å². The van der Waals surface area contributed by atoms with Gasteiger partial charge in [0, 0.05) is 59.5 Å². The van der Waals surface area contributed by atoms with Gasteiger partial charge in [0.05, 0.1) is 48.5 Å². The van der Waals surface area contributed by atoms with Gasteiger partial charge in [-0.2, -0.15) is 0 Å². The third kappa shape index (κ3) is 7.13. The topological polar surface area (TPSA) is 107 Å². The summed E-state index contributed by atoms with van der Waals surface area (Å²) in [6, 6.07) is 16.1. The van der Waals surface area contributed by atoms with Crippen molar-refractivity contribution in [2.24, 2.45) is 0 Å². The van der Waals surface area contributed by atoms with Crippen LogP contribution in [0.1, 0.15) is 43.4 Å². The fraction of sp³-hybridized carbons (Fsp3) is 0.371. The highest BCUT2D eigenvalue weighted by atomic mass is 35.5. The lowest BCUT2D eigenvalue weighted by atomic mass is 9.98. The Bertz CT molecular complexity index is 1710. The number of carbonyl (C=O) groups excluding carboxylic acids is 1. The molecule has 6 rings (SSSR count). The Kier molecular flexibility index (Phi) is 10.3. The average Bonchev–Trinajstić information content (AvgIpc) is 3.76. The molecule has 4 heterocycles. The van der Waals surface area contributed by atoms with Crippen LogP contribution in [0.15, 0.2) is 54.7 Å². The monoisotopic (exact) mass is 661 g/mol. The SMILES string of the molecule is COc1nc(-c2cccc(-c3cccc(-c4cnc(CCC[C@@H]5CCC(=O)N5)c(OC)n4)c3Cl)c2Cl)ccc1CN[C@H]1CCOC1. The summed E-state index contributed by atoms with van der Waals surface area (Å²) in [4.78, 5) is 25.8. The molecule has 9 nitrogen and oxygen atoms in total. The normalized spacial score (nSPS) is 17.7. The molecule has 0 saturated carbocycles. The van der Waals surface area contributed by atoms with E-state index in [1.807, 2.05) is 48.5 Å². The van der Waals surface area contributed by atoms with Gasteiger partial charge in [0.25, 0.3) is 0 Å². The van der Waals surface area contributed by atoms with Crippen molar-refractivity contribution in [3.63, 3.8) is 0 Å². The minimum Gasteiger partial charge on any atom is -0.481 e. The van der Waals surface area contributed by atoms with E-state index in [2.05, 4.69) is 15.6 Å². The van der Waals surface area contributed by atoms with Crippen LogP contribution in [0.4, 0.5) is 0 Å². The van der Waals surface area contributed by atoms with Crippen LogP contribution in [0.2, 0.25) is 10.0 Å². The maximum atomic E-state index is 11.5. The van der Waals surface area contributed by atoms with E-state index in [9.17, 15) is 4.79 Å². The Morgan fingerprint density at radius 1 is 0.913 bits per heavy atom. The molecule has 240 valence electrons. The van der Waals surface area contributed by atoms with Crippen LogP contribution in [-0.4, -0.2) is 60.4 Å². The van der Waals surface area contributed by atoms with E-state index in [1.54, 1.807) is 20.4 Å². The van der Waals surface area contributed by atoms with Crippen LogP contribution in [0, 0.1) is 0 Å². The molecule has 1 amide bonds. The molecule has 2 aliphatic heterocycles. The van der Waals surface area contributed by atoms with E-state index in [4.69, 9.17) is 47.4 Å². The fourth-order valence-electron chi connectivity index (χ4n) is 6.03. The van der Waals surface area contributed by atoms with E-state index in [1.165, 1.54) is 0 Å². The second kappa shape index (κ2) is 14.8. The number of nitrogens with zero attached hydrogens (tertiary/aromatic N) is 3. The minimum atomic E-state index is 0.128. The molecule has 2 atom stereocenters. The summed E-state index contributed by atoms with van der Waals surface area (Å²) >= 11 is 14.1. The molecule has 11 heteroatoms. The minimum absolute atomic E-state index is 0.128. The van der Waals surface area contributed by atoms with Gasteiger partial charge in [-0.15, -0.1) is 0 Å². The van der Waals surface area contributed by atoms with Gasteiger partial charge in [0.1, 0.15) is 5.69 Å². The summed E-state index contributed by atoms with van der Waals surface area (Å²) in [5.41, 5.74) is 6.06. The second-order valence-electron chi connectivity index (χ2n) is 11.5. The number of rotatable bonds is 12. The average molecular weight is 663 g/mol. The molecule has 0 bridgehead atoms. The third-order valence-corrected chi connectivity index (χ3v) is 9.35. The van der Waals surface area contributed by atoms with Crippen LogP contribution >= 0.6 is 23.2 Å². The molecule has 4 aromatic rings. The lowest BCUT2D eigenvalue weighted by Gasteiger charge is -2.16. The molecule has 0 spiro atoms. The standard InChI is InChI=1S/C35H37Cl2N5O4/c1-44-34-21(18-38-23-16-17-46-20-23)12-14-28(41-34)26-9-4-7-24(32(26)36)25-8-5-10-27(33(25)37)30-19-39-29(35(42-30)45-2)11-3-6-22-13-15-31(43)40-22/h4-5,7-10,12,14,19,22-23,38H,3,6,11,13,15-18,20H2,1-2H3,(H,40,43)/t22-,23+/m1/s1. The number of benzene rings is 2. The number of aryl methyl sites for hydroxylation is 1. The van der Waals surface area contributed by atoms with Gasteiger partial charge in [0.15, 0.2) is 0 Å². The number of methoxy groups -OCH3 is 2. The smallest absolute Gasteiger partial charge is 0.235 e. The number of nitrogens with one attached hydrogen (secondary N) is 2. The summed E-state index contributed by atoms with van der Waals surface area (Å²) in [6.07, 6.45) is 6.67. The molecule has 0 radical (unpaired) electrons. The zero-order chi connectivity index (χ0) is 32.0. The Morgan fingerprint density at radius 3 is 2.26 bits per heavy atom. The highest BCUT2D eigenvalue weighted by Gasteiger charge is 2.22. The first-order chi connectivity index (χ1) is 22.4. The molecule has 2 saturated heterocycles. The first-order valence-corrected chi connectivity index (χ1v) is 16.3. The summed E-state index contributed by atoms with van der Waals surface area (Å²) in [7, 11) is 3.22. The zero-order valence-corrected chi connectivity index (χ0v) is 27.5. The van der Waals surface area contributed by atoms with Crippen molar-refractivity contribution in [3.8, 4) is 45.4 Å². The number of aromatic nitrogens is 3. The highest BCUT2D eigenvalue weighted by Crippen LogP contribution is 2.42. The van der Waals surface area contributed by atoms with E-state index in [0.29, 0.717) is 65.2 Å². The van der Waals surface area contributed by atoms with Crippen molar-refractivity contribution in [2.75, 3.05) is 27.4 Å². The number of amides is 1. The van der Waals surface area contributed by atoms with Crippen LogP contribution in [-0.2, 0) is 22.5 Å². The van der Waals surface area contributed by atoms with Gasteiger partial charge in [0.2, 0.25) is 17.7 Å². The number of hydrogen-bond acceptors (Lipinski definition) is 8. The van der Waals surface area contributed by atoms with Crippen molar-refractivity contribution in [1.82, 2.24) is 25.6 Å². The largest absolute Gasteiger partial charge is 0.481 e. The highest BCUT2D eigenvalue weighted by molar-refractivity contribution is 6.39. The maximum absolute atomic E-state index is 11.5. The van der Waals surface area contributed by atoms with Gasteiger partial charge >= 0.3 is 0 Å². The molecule has 2 aromatic carbocycles.